The van der Waals surface area contributed by atoms with E-state index < -0.39 is 10.0 Å². The average molecular weight is 345 g/mol. The number of hydrogen-bond donors (Lipinski definition) is 2. The van der Waals surface area contributed by atoms with Gasteiger partial charge in [-0.15, -0.1) is 11.8 Å². The molecule has 0 unspecified atom stereocenters. The number of amides is 1. The number of sulfonamides is 1. The van der Waals surface area contributed by atoms with Crippen molar-refractivity contribution in [3.63, 3.8) is 0 Å². The molecule has 0 aromatic heterocycles. The first-order chi connectivity index (χ1) is 11.0. The standard InChI is InChI=1S/C15H11N3O3S2/c16-8-10-3-1-2-4-12(10)18-23(20,21)11-5-6-14-13(7-11)17-15(19)9-22-14/h1-7,18H,9H2,(H,17,19). The fraction of sp³-hybridized carbons (Fsp3) is 0.0667. The Bertz CT molecular complexity index is 933. The monoisotopic (exact) mass is 345 g/mol. The number of anilines is 2. The number of benzene rings is 2. The summed E-state index contributed by atoms with van der Waals surface area (Å²) in [7, 11) is -3.86. The van der Waals surface area contributed by atoms with E-state index in [9.17, 15) is 13.2 Å². The van der Waals surface area contributed by atoms with Crippen LogP contribution in [0.5, 0.6) is 0 Å². The molecule has 2 aromatic rings. The van der Waals surface area contributed by atoms with Crippen LogP contribution in [0.2, 0.25) is 0 Å². The second-order valence-electron chi connectivity index (χ2n) is 4.76. The zero-order valence-corrected chi connectivity index (χ0v) is 13.4. The van der Waals surface area contributed by atoms with Crippen LogP contribution in [-0.2, 0) is 14.8 Å². The summed E-state index contributed by atoms with van der Waals surface area (Å²) in [6, 6.07) is 12.8. The predicted octanol–water partition coefficient (Wildman–Crippen LogP) is 2.40. The van der Waals surface area contributed by atoms with Crippen LogP contribution in [0, 0.1) is 11.3 Å². The van der Waals surface area contributed by atoms with E-state index >= 15 is 0 Å². The first kappa shape index (κ1) is 15.4. The number of rotatable bonds is 3. The van der Waals surface area contributed by atoms with Gasteiger partial charge in [-0.3, -0.25) is 9.52 Å². The van der Waals surface area contributed by atoms with Crippen LogP contribution in [0.25, 0.3) is 0 Å². The molecule has 1 aliphatic heterocycles. The van der Waals surface area contributed by atoms with E-state index in [1.54, 1.807) is 18.2 Å². The Morgan fingerprint density at radius 2 is 2.00 bits per heavy atom. The smallest absolute Gasteiger partial charge is 0.262 e. The number of fused-ring (bicyclic) bond motifs is 1. The molecule has 1 amide bonds. The van der Waals surface area contributed by atoms with Crippen molar-refractivity contribution >= 4 is 39.1 Å². The van der Waals surface area contributed by atoms with Crippen molar-refractivity contribution in [1.29, 1.82) is 5.26 Å². The Hall–Kier alpha value is -2.50. The lowest BCUT2D eigenvalue weighted by Gasteiger charge is -2.17. The topological polar surface area (TPSA) is 99.1 Å². The number of carbonyl (C=O) groups is 1. The Balaban J connectivity index is 1.96. The molecule has 0 fully saturated rings. The van der Waals surface area contributed by atoms with Crippen LogP contribution in [0.15, 0.2) is 52.3 Å². The number of nitrogens with zero attached hydrogens (tertiary/aromatic N) is 1. The fourth-order valence-electron chi connectivity index (χ4n) is 2.10. The lowest BCUT2D eigenvalue weighted by molar-refractivity contribution is -0.113. The lowest BCUT2D eigenvalue weighted by Crippen LogP contribution is -2.20. The van der Waals surface area contributed by atoms with E-state index in [-0.39, 0.29) is 22.1 Å². The van der Waals surface area contributed by atoms with Crippen LogP contribution in [0.4, 0.5) is 11.4 Å². The summed E-state index contributed by atoms with van der Waals surface area (Å²) >= 11 is 1.36. The van der Waals surface area contributed by atoms with Gasteiger partial charge >= 0.3 is 0 Å². The van der Waals surface area contributed by atoms with Gasteiger partial charge in [-0.05, 0) is 30.3 Å². The number of nitrogens with one attached hydrogen (secondary N) is 2. The van der Waals surface area contributed by atoms with Crippen molar-refractivity contribution in [2.24, 2.45) is 0 Å². The summed E-state index contributed by atoms with van der Waals surface area (Å²) < 4.78 is 27.4. The van der Waals surface area contributed by atoms with Crippen LogP contribution in [0.3, 0.4) is 0 Å². The second kappa shape index (κ2) is 5.95. The number of thioether (sulfide) groups is 1. The minimum absolute atomic E-state index is 0.0202. The predicted molar refractivity (Wildman–Crippen MR) is 87.8 cm³/mol. The number of nitriles is 1. The Kier molecular flexibility index (Phi) is 3.98. The Morgan fingerprint density at radius 3 is 2.78 bits per heavy atom. The van der Waals surface area contributed by atoms with Gasteiger partial charge in [0.05, 0.1) is 27.6 Å². The third kappa shape index (κ3) is 3.16. The zero-order valence-electron chi connectivity index (χ0n) is 11.7. The van der Waals surface area contributed by atoms with E-state index in [0.717, 1.165) is 4.90 Å². The summed E-state index contributed by atoms with van der Waals surface area (Å²) in [5.41, 5.74) is 0.923. The molecular weight excluding hydrogens is 334 g/mol. The van der Waals surface area contributed by atoms with Gasteiger partial charge in [0.15, 0.2) is 0 Å². The summed E-state index contributed by atoms with van der Waals surface area (Å²) in [6.07, 6.45) is 0. The van der Waals surface area contributed by atoms with Crippen LogP contribution >= 0.6 is 11.8 Å². The van der Waals surface area contributed by atoms with Crippen molar-refractivity contribution in [3.05, 3.63) is 48.0 Å². The molecule has 0 saturated carbocycles. The van der Waals surface area contributed by atoms with Gasteiger partial charge in [0.1, 0.15) is 6.07 Å². The molecule has 0 radical (unpaired) electrons. The SMILES string of the molecule is N#Cc1ccccc1NS(=O)(=O)c1ccc2c(c1)NC(=O)CS2. The van der Waals surface area contributed by atoms with E-state index in [4.69, 9.17) is 5.26 Å². The maximum atomic E-state index is 12.5. The minimum Gasteiger partial charge on any atom is -0.324 e. The zero-order chi connectivity index (χ0) is 16.4. The average Bonchev–Trinajstić information content (AvgIpc) is 2.54. The molecule has 3 rings (SSSR count). The maximum absolute atomic E-state index is 12.5. The van der Waals surface area contributed by atoms with Gasteiger partial charge in [-0.1, -0.05) is 12.1 Å². The first-order valence-corrected chi connectivity index (χ1v) is 9.05. The molecule has 2 N–H and O–H groups in total. The van der Waals surface area contributed by atoms with Crippen molar-refractivity contribution in [1.82, 2.24) is 0 Å². The highest BCUT2D eigenvalue weighted by Crippen LogP contribution is 2.33. The highest BCUT2D eigenvalue weighted by Gasteiger charge is 2.21. The molecule has 8 heteroatoms. The molecular formula is C15H11N3O3S2. The third-order valence-corrected chi connectivity index (χ3v) is 5.62. The normalized spacial score (nSPS) is 13.6. The number of carbonyl (C=O) groups excluding carboxylic acids is 1. The molecule has 0 aliphatic carbocycles. The van der Waals surface area contributed by atoms with Crippen molar-refractivity contribution in [2.75, 3.05) is 15.8 Å². The van der Waals surface area contributed by atoms with E-state index in [1.165, 1.54) is 36.0 Å². The Morgan fingerprint density at radius 1 is 1.22 bits per heavy atom. The van der Waals surface area contributed by atoms with Crippen LogP contribution in [-0.4, -0.2) is 20.1 Å². The van der Waals surface area contributed by atoms with Crippen LogP contribution in [0.1, 0.15) is 5.56 Å². The van der Waals surface area contributed by atoms with Crippen molar-refractivity contribution < 1.29 is 13.2 Å². The fourth-order valence-corrected chi connectivity index (χ4v) is 4.00. The highest BCUT2D eigenvalue weighted by atomic mass is 32.2. The van der Waals surface area contributed by atoms with Gasteiger partial charge < -0.3 is 5.32 Å². The Labute approximate surface area is 137 Å². The van der Waals surface area contributed by atoms with Crippen molar-refractivity contribution in [2.45, 2.75) is 9.79 Å². The van der Waals surface area contributed by atoms with Gasteiger partial charge in [0, 0.05) is 4.90 Å². The van der Waals surface area contributed by atoms with Gasteiger partial charge in [-0.25, -0.2) is 8.42 Å². The molecule has 0 saturated heterocycles. The molecule has 1 heterocycles. The molecule has 6 nitrogen and oxygen atoms in total. The largest absolute Gasteiger partial charge is 0.324 e. The summed E-state index contributed by atoms with van der Waals surface area (Å²) in [4.78, 5) is 12.3. The van der Waals surface area contributed by atoms with Crippen LogP contribution < -0.4 is 10.0 Å². The third-order valence-electron chi connectivity index (χ3n) is 3.19. The van der Waals surface area contributed by atoms with Gasteiger partial charge in [-0.2, -0.15) is 5.26 Å². The van der Waals surface area contributed by atoms with E-state index in [1.807, 2.05) is 6.07 Å². The second-order valence-corrected chi connectivity index (χ2v) is 7.46. The van der Waals surface area contributed by atoms with Crippen molar-refractivity contribution in [3.8, 4) is 6.07 Å². The number of hydrogen-bond acceptors (Lipinski definition) is 5. The van der Waals surface area contributed by atoms with Gasteiger partial charge in [0.2, 0.25) is 5.91 Å². The minimum atomic E-state index is -3.86. The summed E-state index contributed by atoms with van der Waals surface area (Å²) in [6.45, 7) is 0. The molecule has 23 heavy (non-hydrogen) atoms. The summed E-state index contributed by atoms with van der Waals surface area (Å²) in [5.74, 6) is 0.146. The molecule has 0 spiro atoms. The summed E-state index contributed by atoms with van der Waals surface area (Å²) in [5, 5.41) is 11.7. The molecule has 116 valence electrons. The molecule has 1 aliphatic rings. The molecule has 2 aromatic carbocycles. The first-order valence-electron chi connectivity index (χ1n) is 6.58. The number of para-hydroxylation sites is 1. The highest BCUT2D eigenvalue weighted by molar-refractivity contribution is 8.00. The molecule has 0 atom stereocenters. The quantitative estimate of drug-likeness (QED) is 0.890. The van der Waals surface area contributed by atoms with E-state index in [2.05, 4.69) is 10.0 Å². The lowest BCUT2D eigenvalue weighted by atomic mass is 10.2. The van der Waals surface area contributed by atoms with E-state index in [0.29, 0.717) is 11.4 Å². The molecule has 0 bridgehead atoms. The van der Waals surface area contributed by atoms with Gasteiger partial charge in [0.25, 0.3) is 10.0 Å². The maximum Gasteiger partial charge on any atom is 0.262 e.